The molecule has 0 aliphatic carbocycles. The zero-order valence-corrected chi connectivity index (χ0v) is 12.2. The monoisotopic (exact) mass is 341 g/mol. The third kappa shape index (κ3) is 6.21. The molecule has 86 valence electrons. The van der Waals surface area contributed by atoms with Crippen molar-refractivity contribution in [3.8, 4) is 0 Å². The Hall–Kier alpha value is -0.0100. The van der Waals surface area contributed by atoms with Gasteiger partial charge in [-0.25, -0.2) is 0 Å². The van der Waals surface area contributed by atoms with E-state index < -0.39 is 0 Å². The maximum atomic E-state index is 11.5. The Labute approximate surface area is 112 Å². The molecule has 0 aliphatic heterocycles. The normalized spacial score (nSPS) is 10.9. The maximum absolute atomic E-state index is 11.5. The first-order valence-electron chi connectivity index (χ1n) is 4.49. The van der Waals surface area contributed by atoms with Gasteiger partial charge in [0.05, 0.1) is 45.3 Å². The van der Waals surface area contributed by atoms with Crippen LogP contribution < -0.4 is 24.0 Å². The van der Waals surface area contributed by atoms with Gasteiger partial charge in [-0.2, -0.15) is 0 Å². The third-order valence-electron chi connectivity index (χ3n) is 1.75. The van der Waals surface area contributed by atoms with E-state index in [1.807, 2.05) is 0 Å². The quantitative estimate of drug-likeness (QED) is 0.513. The van der Waals surface area contributed by atoms with E-state index in [0.29, 0.717) is 5.56 Å². The highest BCUT2D eigenvalue weighted by atomic mass is 127. The molecule has 5 heteroatoms. The molecule has 0 saturated carbocycles. The van der Waals surface area contributed by atoms with Gasteiger partial charge in [0, 0.05) is 0 Å². The number of hydrogen-bond donors (Lipinski definition) is 0. The van der Waals surface area contributed by atoms with E-state index in [2.05, 4.69) is 21.1 Å². The molecule has 0 amide bonds. The molecular weight excluding hydrogens is 325 g/mol. The zero-order chi connectivity index (χ0) is 10.6. The molecule has 1 aromatic rings. The lowest BCUT2D eigenvalue weighted by atomic mass is 10.4. The lowest BCUT2D eigenvalue weighted by Gasteiger charge is -2.23. The average Bonchev–Trinajstić information content (AvgIpc) is 2.53. The van der Waals surface area contributed by atoms with E-state index in [1.165, 1.54) is 24.3 Å². The number of rotatable bonds is 4. The number of halogens is 1. The van der Waals surface area contributed by atoms with Crippen molar-refractivity contribution >= 4 is 16.9 Å². The van der Waals surface area contributed by atoms with Crippen molar-refractivity contribution in [1.29, 1.82) is 0 Å². The zero-order valence-electron chi connectivity index (χ0n) is 9.20. The summed E-state index contributed by atoms with van der Waals surface area (Å²) in [4.78, 5) is 11.5. The van der Waals surface area contributed by atoms with Crippen molar-refractivity contribution in [2.45, 2.75) is 0 Å². The Morgan fingerprint density at radius 1 is 1.47 bits per heavy atom. The first kappa shape index (κ1) is 15.0. The van der Waals surface area contributed by atoms with Crippen LogP contribution >= 0.6 is 11.8 Å². The highest BCUT2D eigenvalue weighted by molar-refractivity contribution is 8.14. The van der Waals surface area contributed by atoms with E-state index in [1.54, 1.807) is 6.07 Å². The molecule has 0 saturated heterocycles. The topological polar surface area (TPSA) is 30.2 Å². The molecule has 1 heterocycles. The van der Waals surface area contributed by atoms with Crippen molar-refractivity contribution in [1.82, 2.24) is 0 Å². The van der Waals surface area contributed by atoms with Crippen LogP contribution in [0.2, 0.25) is 0 Å². The van der Waals surface area contributed by atoms with Crippen molar-refractivity contribution in [2.24, 2.45) is 0 Å². The Morgan fingerprint density at radius 3 is 2.60 bits per heavy atom. The van der Waals surface area contributed by atoms with Crippen LogP contribution in [0.25, 0.3) is 0 Å². The van der Waals surface area contributed by atoms with Crippen LogP contribution in [0.1, 0.15) is 10.4 Å². The van der Waals surface area contributed by atoms with Crippen molar-refractivity contribution in [3.63, 3.8) is 0 Å². The van der Waals surface area contributed by atoms with Gasteiger partial charge in [0.2, 0.25) is 5.12 Å². The van der Waals surface area contributed by atoms with Crippen LogP contribution in [0.15, 0.2) is 23.0 Å². The molecule has 1 aromatic heterocycles. The Kier molecular flexibility index (Phi) is 6.54. The van der Waals surface area contributed by atoms with Gasteiger partial charge in [-0.15, -0.1) is 0 Å². The summed E-state index contributed by atoms with van der Waals surface area (Å²) in [6, 6.07) is 1.70. The summed E-state index contributed by atoms with van der Waals surface area (Å²) >= 11 is 1.35. The first-order valence-corrected chi connectivity index (χ1v) is 5.47. The molecule has 1 rings (SSSR count). The molecule has 0 spiro atoms. The van der Waals surface area contributed by atoms with Gasteiger partial charge in [-0.3, -0.25) is 4.79 Å². The number of thioether (sulfide) groups is 1. The number of carbonyl (C=O) groups is 1. The summed E-state index contributed by atoms with van der Waals surface area (Å²) in [5, 5.41) is 0.0900. The van der Waals surface area contributed by atoms with Gasteiger partial charge in [0.25, 0.3) is 0 Å². The van der Waals surface area contributed by atoms with Gasteiger partial charge < -0.3 is 32.9 Å². The standard InChI is InChI=1S/C10H16NO2S.HI/c1-11(2,3)5-7-14-10(12)9-4-6-13-8-9;/h4,6,8H,5,7H2,1-3H3;1H/q+1;/p-1. The fourth-order valence-corrected chi connectivity index (χ4v) is 1.98. The van der Waals surface area contributed by atoms with Crippen LogP contribution in [0.3, 0.4) is 0 Å². The van der Waals surface area contributed by atoms with E-state index >= 15 is 0 Å². The third-order valence-corrected chi connectivity index (χ3v) is 2.64. The van der Waals surface area contributed by atoms with E-state index in [4.69, 9.17) is 4.42 Å². The number of furan rings is 1. The van der Waals surface area contributed by atoms with Crippen LogP contribution in [0, 0.1) is 0 Å². The molecule has 0 fully saturated rings. The van der Waals surface area contributed by atoms with Crippen molar-refractivity contribution in [3.05, 3.63) is 24.2 Å². The summed E-state index contributed by atoms with van der Waals surface area (Å²) in [5.41, 5.74) is 0.649. The Morgan fingerprint density at radius 2 is 2.13 bits per heavy atom. The Bertz CT molecular complexity index is 293. The van der Waals surface area contributed by atoms with Gasteiger partial charge in [0.1, 0.15) is 6.26 Å². The van der Waals surface area contributed by atoms with Crippen molar-refractivity contribution < 1.29 is 37.7 Å². The lowest BCUT2D eigenvalue weighted by Crippen LogP contribution is -3.00. The van der Waals surface area contributed by atoms with Gasteiger partial charge in [-0.05, 0) is 6.07 Å². The predicted molar refractivity (Wildman–Crippen MR) is 58.4 cm³/mol. The van der Waals surface area contributed by atoms with Crippen molar-refractivity contribution in [2.75, 3.05) is 33.4 Å². The summed E-state index contributed by atoms with van der Waals surface area (Å²) in [5.74, 6) is 0.841. The molecule has 0 aromatic carbocycles. The molecule has 0 atom stereocenters. The van der Waals surface area contributed by atoms with Crippen LogP contribution in [-0.2, 0) is 0 Å². The smallest absolute Gasteiger partial charge is 0.222 e. The second kappa shape index (κ2) is 6.55. The molecule has 15 heavy (non-hydrogen) atoms. The SMILES string of the molecule is C[N+](C)(C)CCSC(=O)c1ccoc1.[I-]. The fraction of sp³-hybridized carbons (Fsp3) is 0.500. The number of carbonyl (C=O) groups excluding carboxylic acids is 1. The van der Waals surface area contributed by atoms with Crippen LogP contribution in [0.5, 0.6) is 0 Å². The van der Waals surface area contributed by atoms with Crippen LogP contribution in [0.4, 0.5) is 0 Å². The lowest BCUT2D eigenvalue weighted by molar-refractivity contribution is -0.867. The largest absolute Gasteiger partial charge is 1.00 e. The minimum atomic E-state index is 0. The average molecular weight is 341 g/mol. The highest BCUT2D eigenvalue weighted by Crippen LogP contribution is 2.13. The minimum Gasteiger partial charge on any atom is -1.00 e. The van der Waals surface area contributed by atoms with Gasteiger partial charge in [-0.1, -0.05) is 11.8 Å². The molecule has 3 nitrogen and oxygen atoms in total. The summed E-state index contributed by atoms with van der Waals surface area (Å²) < 4.78 is 5.73. The molecule has 0 radical (unpaired) electrons. The van der Waals surface area contributed by atoms with E-state index in [0.717, 1.165) is 16.8 Å². The molecule has 0 bridgehead atoms. The van der Waals surface area contributed by atoms with E-state index in [-0.39, 0.29) is 29.1 Å². The molecule has 0 N–H and O–H groups in total. The minimum absolute atomic E-state index is 0. The van der Waals surface area contributed by atoms with Gasteiger partial charge in [0.15, 0.2) is 0 Å². The second-order valence-corrected chi connectivity index (χ2v) is 5.23. The number of quaternary nitrogens is 1. The summed E-state index contributed by atoms with van der Waals surface area (Å²) in [6.07, 6.45) is 3.01. The van der Waals surface area contributed by atoms with Gasteiger partial charge >= 0.3 is 0 Å². The number of hydrogen-bond acceptors (Lipinski definition) is 3. The second-order valence-electron chi connectivity index (χ2n) is 4.16. The van der Waals surface area contributed by atoms with Crippen LogP contribution in [-0.4, -0.2) is 43.0 Å². The Balaban J connectivity index is 0.00000196. The molecule has 0 unspecified atom stereocenters. The van der Waals surface area contributed by atoms with E-state index in [9.17, 15) is 4.79 Å². The fourth-order valence-electron chi connectivity index (χ4n) is 0.876. The summed E-state index contributed by atoms with van der Waals surface area (Å²) in [6.45, 7) is 0.980. The first-order chi connectivity index (χ1) is 6.49. The predicted octanol–water partition coefficient (Wildman–Crippen LogP) is -1.14. The number of nitrogens with zero attached hydrogens (tertiary/aromatic N) is 1. The molecule has 0 aliphatic rings. The maximum Gasteiger partial charge on any atom is 0.222 e. The molecular formula is C10H16INO2S. The highest BCUT2D eigenvalue weighted by Gasteiger charge is 2.11. The summed E-state index contributed by atoms with van der Waals surface area (Å²) in [7, 11) is 6.34.